The second-order valence-corrected chi connectivity index (χ2v) is 5.46. The third-order valence-electron chi connectivity index (χ3n) is 4.14. The van der Waals surface area contributed by atoms with Gasteiger partial charge in [-0.1, -0.05) is 13.3 Å². The summed E-state index contributed by atoms with van der Waals surface area (Å²) in [6.45, 7) is 7.98. The van der Waals surface area contributed by atoms with Crippen molar-refractivity contribution >= 4 is 5.82 Å². The number of fused-ring (bicyclic) bond motifs is 3. The van der Waals surface area contributed by atoms with Crippen LogP contribution in [0.15, 0.2) is 6.07 Å². The summed E-state index contributed by atoms with van der Waals surface area (Å²) in [7, 11) is 1.93. The van der Waals surface area contributed by atoms with Crippen molar-refractivity contribution in [3.05, 3.63) is 17.6 Å². The molecule has 5 nitrogen and oxygen atoms in total. The van der Waals surface area contributed by atoms with E-state index in [9.17, 15) is 0 Å². The van der Waals surface area contributed by atoms with E-state index in [4.69, 9.17) is 4.98 Å². The van der Waals surface area contributed by atoms with Gasteiger partial charge in [0.2, 0.25) is 0 Å². The Balaban J connectivity index is 1.88. The van der Waals surface area contributed by atoms with Gasteiger partial charge in [-0.2, -0.15) is 0 Å². The van der Waals surface area contributed by atoms with Crippen molar-refractivity contribution in [3.8, 4) is 0 Å². The second kappa shape index (κ2) is 5.43. The Morgan fingerprint density at radius 2 is 2.05 bits per heavy atom. The van der Waals surface area contributed by atoms with Crippen LogP contribution in [-0.2, 0) is 6.42 Å². The first-order valence-corrected chi connectivity index (χ1v) is 7.32. The van der Waals surface area contributed by atoms with Gasteiger partial charge >= 0.3 is 0 Å². The Kier molecular flexibility index (Phi) is 3.66. The molecular formula is C14H23N5. The lowest BCUT2D eigenvalue weighted by Crippen LogP contribution is -2.57. The summed E-state index contributed by atoms with van der Waals surface area (Å²) in [5.41, 5.74) is 1.16. The number of hydrogen-bond acceptors (Lipinski definition) is 5. The van der Waals surface area contributed by atoms with Crippen molar-refractivity contribution in [2.75, 3.05) is 45.1 Å². The lowest BCUT2D eigenvalue weighted by molar-refractivity contribution is 0.00862. The van der Waals surface area contributed by atoms with Gasteiger partial charge in [-0.05, 0) is 6.42 Å². The summed E-state index contributed by atoms with van der Waals surface area (Å²) in [6, 6.07) is 2.45. The molecule has 0 amide bonds. The van der Waals surface area contributed by atoms with Crippen LogP contribution >= 0.6 is 0 Å². The number of aromatic nitrogens is 2. The highest BCUT2D eigenvalue weighted by molar-refractivity contribution is 5.36. The Labute approximate surface area is 115 Å². The molecule has 3 fully saturated rings. The lowest BCUT2D eigenvalue weighted by atomic mass is 10.1. The molecule has 1 atom stereocenters. The van der Waals surface area contributed by atoms with E-state index in [1.54, 1.807) is 0 Å². The van der Waals surface area contributed by atoms with E-state index >= 15 is 0 Å². The van der Waals surface area contributed by atoms with E-state index in [-0.39, 0.29) is 0 Å². The summed E-state index contributed by atoms with van der Waals surface area (Å²) >= 11 is 0. The molecule has 4 rings (SSSR count). The smallest absolute Gasteiger partial charge is 0.149 e. The van der Waals surface area contributed by atoms with E-state index in [2.05, 4.69) is 33.1 Å². The Morgan fingerprint density at radius 1 is 1.26 bits per heavy atom. The Morgan fingerprint density at radius 3 is 2.63 bits per heavy atom. The Bertz CT molecular complexity index is 439. The third kappa shape index (κ3) is 2.58. The average Bonchev–Trinajstić information content (AvgIpc) is 2.48. The standard InChI is InChI=1S/C14H23N5/c1-3-4-11-9-13(15-2)17-14(16-11)12-10-18-5-7-19(12)8-6-18/h9,12H,3-8,10H2,1-2H3,(H,15,16,17). The first-order chi connectivity index (χ1) is 9.30. The topological polar surface area (TPSA) is 44.3 Å². The average molecular weight is 261 g/mol. The predicted molar refractivity (Wildman–Crippen MR) is 76.3 cm³/mol. The van der Waals surface area contributed by atoms with Crippen molar-refractivity contribution in [1.29, 1.82) is 0 Å². The molecule has 1 N–H and O–H groups in total. The van der Waals surface area contributed by atoms with Gasteiger partial charge in [-0.15, -0.1) is 0 Å². The van der Waals surface area contributed by atoms with Crippen molar-refractivity contribution in [2.24, 2.45) is 0 Å². The zero-order chi connectivity index (χ0) is 13.2. The van der Waals surface area contributed by atoms with E-state index in [0.717, 1.165) is 49.8 Å². The van der Waals surface area contributed by atoms with Crippen molar-refractivity contribution < 1.29 is 0 Å². The zero-order valence-electron chi connectivity index (χ0n) is 11.9. The maximum absolute atomic E-state index is 4.79. The second-order valence-electron chi connectivity index (χ2n) is 5.46. The normalized spacial score (nSPS) is 29.5. The van der Waals surface area contributed by atoms with Crippen LogP contribution < -0.4 is 5.32 Å². The first-order valence-electron chi connectivity index (χ1n) is 7.32. The van der Waals surface area contributed by atoms with Gasteiger partial charge in [-0.3, -0.25) is 9.80 Å². The van der Waals surface area contributed by atoms with E-state index in [0.29, 0.717) is 6.04 Å². The quantitative estimate of drug-likeness (QED) is 0.880. The number of nitrogens with one attached hydrogen (secondary N) is 1. The van der Waals surface area contributed by atoms with Gasteiger partial charge in [0.25, 0.3) is 0 Å². The predicted octanol–water partition coefficient (Wildman–Crippen LogP) is 1.14. The van der Waals surface area contributed by atoms with Gasteiger partial charge in [0.15, 0.2) is 0 Å². The maximum Gasteiger partial charge on any atom is 0.149 e. The van der Waals surface area contributed by atoms with Crippen LogP contribution in [0.3, 0.4) is 0 Å². The summed E-state index contributed by atoms with van der Waals surface area (Å²) in [5.74, 6) is 1.95. The van der Waals surface area contributed by atoms with Gasteiger partial charge in [0.1, 0.15) is 11.6 Å². The van der Waals surface area contributed by atoms with Crippen LogP contribution in [0.25, 0.3) is 0 Å². The number of piperazine rings is 3. The zero-order valence-corrected chi connectivity index (χ0v) is 11.9. The van der Waals surface area contributed by atoms with Crippen molar-refractivity contribution in [2.45, 2.75) is 25.8 Å². The molecule has 0 spiro atoms. The van der Waals surface area contributed by atoms with E-state index < -0.39 is 0 Å². The SMILES string of the molecule is CCCc1cc(NC)nc(C2CN3CCN2CC3)n1. The monoisotopic (exact) mass is 261 g/mol. The molecule has 1 aromatic heterocycles. The molecule has 0 aliphatic carbocycles. The summed E-state index contributed by atoms with van der Waals surface area (Å²) in [6.07, 6.45) is 2.15. The molecule has 2 bridgehead atoms. The van der Waals surface area contributed by atoms with Gasteiger partial charge in [0, 0.05) is 51.5 Å². The largest absolute Gasteiger partial charge is 0.373 e. The number of rotatable bonds is 4. The number of hydrogen-bond donors (Lipinski definition) is 1. The molecule has 0 saturated carbocycles. The van der Waals surface area contributed by atoms with Crippen molar-refractivity contribution in [3.63, 3.8) is 0 Å². The van der Waals surface area contributed by atoms with Crippen LogP contribution in [0.5, 0.6) is 0 Å². The minimum atomic E-state index is 0.381. The summed E-state index contributed by atoms with van der Waals surface area (Å²) < 4.78 is 0. The maximum atomic E-state index is 4.79. The first kappa shape index (κ1) is 12.8. The molecular weight excluding hydrogens is 238 g/mol. The molecule has 19 heavy (non-hydrogen) atoms. The summed E-state index contributed by atoms with van der Waals surface area (Å²) in [4.78, 5) is 14.5. The molecule has 5 heteroatoms. The highest BCUT2D eigenvalue weighted by Crippen LogP contribution is 2.27. The van der Waals surface area contributed by atoms with Crippen LogP contribution in [0.2, 0.25) is 0 Å². The number of anilines is 1. The highest BCUT2D eigenvalue weighted by atomic mass is 15.4. The van der Waals surface area contributed by atoms with Gasteiger partial charge < -0.3 is 5.32 Å². The number of nitrogens with zero attached hydrogens (tertiary/aromatic N) is 4. The molecule has 3 saturated heterocycles. The molecule has 0 radical (unpaired) electrons. The molecule has 4 heterocycles. The van der Waals surface area contributed by atoms with E-state index in [1.807, 2.05) is 7.05 Å². The fraction of sp³-hybridized carbons (Fsp3) is 0.714. The van der Waals surface area contributed by atoms with Gasteiger partial charge in [-0.25, -0.2) is 9.97 Å². The highest BCUT2D eigenvalue weighted by Gasteiger charge is 2.34. The molecule has 3 aliphatic rings. The van der Waals surface area contributed by atoms with Crippen LogP contribution in [0, 0.1) is 0 Å². The number of aryl methyl sites for hydroxylation is 1. The minimum absolute atomic E-state index is 0.381. The fourth-order valence-electron chi connectivity index (χ4n) is 3.04. The van der Waals surface area contributed by atoms with E-state index in [1.165, 1.54) is 13.1 Å². The Hall–Kier alpha value is -1.20. The molecule has 0 aromatic carbocycles. The molecule has 1 unspecified atom stereocenters. The lowest BCUT2D eigenvalue weighted by Gasteiger charge is -2.46. The van der Waals surface area contributed by atoms with Crippen LogP contribution in [0.1, 0.15) is 30.9 Å². The molecule has 104 valence electrons. The minimum Gasteiger partial charge on any atom is -0.373 e. The third-order valence-corrected chi connectivity index (χ3v) is 4.14. The van der Waals surface area contributed by atoms with Crippen LogP contribution in [0.4, 0.5) is 5.82 Å². The van der Waals surface area contributed by atoms with Crippen molar-refractivity contribution in [1.82, 2.24) is 19.8 Å². The van der Waals surface area contributed by atoms with Crippen LogP contribution in [-0.4, -0.2) is 59.5 Å². The fourth-order valence-corrected chi connectivity index (χ4v) is 3.04. The molecule has 1 aromatic rings. The van der Waals surface area contributed by atoms with Gasteiger partial charge in [0.05, 0.1) is 6.04 Å². The summed E-state index contributed by atoms with van der Waals surface area (Å²) in [5, 5.41) is 3.17. The molecule has 3 aliphatic heterocycles.